The van der Waals surface area contributed by atoms with Gasteiger partial charge in [-0.1, -0.05) is 13.8 Å². The summed E-state index contributed by atoms with van der Waals surface area (Å²) >= 11 is 0. The van der Waals surface area contributed by atoms with Crippen molar-refractivity contribution in [2.45, 2.75) is 25.5 Å². The smallest absolute Gasteiger partial charge is 0.317 e. The van der Waals surface area contributed by atoms with Gasteiger partial charge in [-0.25, -0.2) is 13.2 Å². The standard InChI is InChI=1S/C17H35N5O3S/c1-3-20-8-9-21(4-2)11-13-22(12-10-20)17(23)19-6-5-16-15-18-7-14-26(16,24)25/h16,18H,3-15H2,1-2H3,(H,19,23). The van der Waals surface area contributed by atoms with Gasteiger partial charge in [-0.3, -0.25) is 0 Å². The van der Waals surface area contributed by atoms with E-state index in [1.807, 2.05) is 4.90 Å². The summed E-state index contributed by atoms with van der Waals surface area (Å²) in [5, 5.41) is 5.66. The minimum absolute atomic E-state index is 0.0832. The van der Waals surface area contributed by atoms with Crippen LogP contribution >= 0.6 is 0 Å². The molecule has 2 saturated heterocycles. The molecule has 9 heteroatoms. The van der Waals surface area contributed by atoms with Gasteiger partial charge in [0.1, 0.15) is 0 Å². The molecule has 2 aliphatic heterocycles. The third-order valence-electron chi connectivity index (χ3n) is 5.47. The van der Waals surface area contributed by atoms with Gasteiger partial charge in [0.05, 0.1) is 11.0 Å². The lowest BCUT2D eigenvalue weighted by Crippen LogP contribution is -2.48. The van der Waals surface area contributed by atoms with Gasteiger partial charge in [0.2, 0.25) is 0 Å². The highest BCUT2D eigenvalue weighted by molar-refractivity contribution is 7.92. The van der Waals surface area contributed by atoms with Crippen LogP contribution in [0.2, 0.25) is 0 Å². The Labute approximate surface area is 158 Å². The second kappa shape index (κ2) is 10.4. The molecule has 0 spiro atoms. The third kappa shape index (κ3) is 6.37. The fraction of sp³-hybridized carbons (Fsp3) is 0.941. The van der Waals surface area contributed by atoms with Crippen LogP contribution in [0.4, 0.5) is 4.79 Å². The van der Waals surface area contributed by atoms with Gasteiger partial charge in [0.25, 0.3) is 0 Å². The largest absolute Gasteiger partial charge is 0.338 e. The maximum Gasteiger partial charge on any atom is 0.317 e. The lowest BCUT2D eigenvalue weighted by molar-refractivity contribution is 0.186. The molecule has 0 saturated carbocycles. The Morgan fingerprint density at radius 1 is 1.04 bits per heavy atom. The molecular weight excluding hydrogens is 354 g/mol. The highest BCUT2D eigenvalue weighted by atomic mass is 32.2. The fourth-order valence-electron chi connectivity index (χ4n) is 3.48. The first kappa shape index (κ1) is 21.4. The first-order valence-electron chi connectivity index (χ1n) is 9.86. The minimum Gasteiger partial charge on any atom is -0.338 e. The van der Waals surface area contributed by atoms with E-state index in [4.69, 9.17) is 0 Å². The van der Waals surface area contributed by atoms with Crippen LogP contribution in [0, 0.1) is 0 Å². The Hall–Kier alpha value is -0.900. The van der Waals surface area contributed by atoms with Crippen LogP contribution in [0.5, 0.6) is 0 Å². The SMILES string of the molecule is CCN1CCN(CC)CCN(C(=O)NCCC2CNCCS2(=O)=O)CC1. The van der Waals surface area contributed by atoms with Crippen molar-refractivity contribution in [2.24, 2.45) is 0 Å². The summed E-state index contributed by atoms with van der Waals surface area (Å²) in [6.45, 7) is 12.9. The van der Waals surface area contributed by atoms with Crippen LogP contribution < -0.4 is 10.6 Å². The zero-order valence-corrected chi connectivity index (χ0v) is 17.1. The second-order valence-corrected chi connectivity index (χ2v) is 9.47. The van der Waals surface area contributed by atoms with E-state index < -0.39 is 15.1 Å². The van der Waals surface area contributed by atoms with Gasteiger partial charge >= 0.3 is 6.03 Å². The molecule has 2 fully saturated rings. The number of amides is 2. The number of carbonyl (C=O) groups excluding carboxylic acids is 1. The van der Waals surface area contributed by atoms with Crippen molar-refractivity contribution in [1.29, 1.82) is 0 Å². The molecule has 2 heterocycles. The first-order chi connectivity index (χ1) is 12.5. The normalized spacial score (nSPS) is 25.9. The van der Waals surface area contributed by atoms with Crippen LogP contribution in [0.3, 0.4) is 0 Å². The number of hydrogen-bond acceptors (Lipinski definition) is 6. The van der Waals surface area contributed by atoms with Crippen LogP contribution in [0.25, 0.3) is 0 Å². The van der Waals surface area contributed by atoms with Crippen LogP contribution in [-0.2, 0) is 9.84 Å². The van der Waals surface area contributed by atoms with E-state index in [-0.39, 0.29) is 11.8 Å². The minimum atomic E-state index is -3.02. The second-order valence-electron chi connectivity index (χ2n) is 7.07. The zero-order chi connectivity index (χ0) is 19.0. The van der Waals surface area contributed by atoms with Gasteiger partial charge in [0.15, 0.2) is 9.84 Å². The molecule has 152 valence electrons. The molecular formula is C17H35N5O3S. The van der Waals surface area contributed by atoms with Gasteiger partial charge in [-0.05, 0) is 19.5 Å². The maximum atomic E-state index is 12.6. The summed E-state index contributed by atoms with van der Waals surface area (Å²) in [5.74, 6) is 0.192. The summed E-state index contributed by atoms with van der Waals surface area (Å²) in [6.07, 6.45) is 0.469. The van der Waals surface area contributed by atoms with E-state index >= 15 is 0 Å². The summed E-state index contributed by atoms with van der Waals surface area (Å²) < 4.78 is 24.1. The van der Waals surface area contributed by atoms with Crippen molar-refractivity contribution in [1.82, 2.24) is 25.3 Å². The molecule has 0 aromatic heterocycles. The predicted molar refractivity (Wildman–Crippen MR) is 104 cm³/mol. The van der Waals surface area contributed by atoms with Gasteiger partial charge in [0, 0.05) is 58.9 Å². The van der Waals surface area contributed by atoms with Gasteiger partial charge in [-0.2, -0.15) is 0 Å². The molecule has 26 heavy (non-hydrogen) atoms. The molecule has 2 N–H and O–H groups in total. The molecule has 0 aromatic rings. The molecule has 8 nitrogen and oxygen atoms in total. The average molecular weight is 390 g/mol. The molecule has 1 unspecified atom stereocenters. The van der Waals surface area contributed by atoms with Gasteiger partial charge in [-0.15, -0.1) is 0 Å². The van der Waals surface area contributed by atoms with E-state index in [0.29, 0.717) is 39.1 Å². The van der Waals surface area contributed by atoms with Gasteiger partial charge < -0.3 is 25.3 Å². The van der Waals surface area contributed by atoms with Crippen molar-refractivity contribution >= 4 is 15.9 Å². The van der Waals surface area contributed by atoms with E-state index in [2.05, 4.69) is 34.3 Å². The van der Waals surface area contributed by atoms with Crippen molar-refractivity contribution in [2.75, 3.05) is 77.7 Å². The van der Waals surface area contributed by atoms with E-state index in [1.165, 1.54) is 0 Å². The molecule has 0 bridgehead atoms. The summed E-state index contributed by atoms with van der Waals surface area (Å²) in [7, 11) is -3.02. The topological polar surface area (TPSA) is 85.0 Å². The van der Waals surface area contributed by atoms with E-state index in [1.54, 1.807) is 0 Å². The van der Waals surface area contributed by atoms with Crippen LogP contribution in [-0.4, -0.2) is 112 Å². The number of carbonyl (C=O) groups is 1. The summed E-state index contributed by atoms with van der Waals surface area (Å²) in [5.41, 5.74) is 0. The Bertz CT molecular complexity index is 527. The predicted octanol–water partition coefficient (Wildman–Crippen LogP) is -0.568. The number of urea groups is 1. The number of sulfone groups is 1. The number of hydrogen-bond donors (Lipinski definition) is 2. The summed E-state index contributed by atoms with van der Waals surface area (Å²) in [4.78, 5) is 19.2. The van der Waals surface area contributed by atoms with Crippen molar-refractivity contribution < 1.29 is 13.2 Å². The monoisotopic (exact) mass is 389 g/mol. The Morgan fingerprint density at radius 2 is 1.62 bits per heavy atom. The molecule has 2 aliphatic rings. The van der Waals surface area contributed by atoms with E-state index in [0.717, 1.165) is 39.3 Å². The van der Waals surface area contributed by atoms with Crippen molar-refractivity contribution in [3.05, 3.63) is 0 Å². The number of likely N-dealkylation sites (N-methyl/N-ethyl adjacent to an activating group) is 2. The highest BCUT2D eigenvalue weighted by Crippen LogP contribution is 2.09. The van der Waals surface area contributed by atoms with Crippen LogP contribution in [0.15, 0.2) is 0 Å². The molecule has 2 rings (SSSR count). The number of nitrogens with zero attached hydrogens (tertiary/aromatic N) is 3. The highest BCUT2D eigenvalue weighted by Gasteiger charge is 2.28. The maximum absolute atomic E-state index is 12.6. The van der Waals surface area contributed by atoms with Crippen LogP contribution in [0.1, 0.15) is 20.3 Å². The number of rotatable bonds is 5. The molecule has 1 atom stereocenters. The summed E-state index contributed by atoms with van der Waals surface area (Å²) in [6, 6.07) is -0.0832. The average Bonchev–Trinajstić information content (AvgIpc) is 2.72. The lowest BCUT2D eigenvalue weighted by Gasteiger charge is -2.27. The van der Waals surface area contributed by atoms with Crippen molar-refractivity contribution in [3.63, 3.8) is 0 Å². The molecule has 0 radical (unpaired) electrons. The first-order valence-corrected chi connectivity index (χ1v) is 11.6. The molecule has 0 aromatic carbocycles. The zero-order valence-electron chi connectivity index (χ0n) is 16.2. The Morgan fingerprint density at radius 3 is 2.15 bits per heavy atom. The quantitative estimate of drug-likeness (QED) is 0.655. The lowest BCUT2D eigenvalue weighted by atomic mass is 10.3. The Kier molecular flexibility index (Phi) is 8.59. The van der Waals surface area contributed by atoms with Crippen molar-refractivity contribution in [3.8, 4) is 0 Å². The number of nitrogens with one attached hydrogen (secondary N) is 2. The third-order valence-corrected chi connectivity index (χ3v) is 7.66. The van der Waals surface area contributed by atoms with E-state index in [9.17, 15) is 13.2 Å². The molecule has 0 aliphatic carbocycles. The molecule has 2 amide bonds. The Balaban J connectivity index is 1.83. The fourth-order valence-corrected chi connectivity index (χ4v) is 5.09.